The van der Waals surface area contributed by atoms with Gasteiger partial charge in [0, 0.05) is 57.5 Å². The van der Waals surface area contributed by atoms with Gasteiger partial charge in [-0.1, -0.05) is 72.9 Å². The van der Waals surface area contributed by atoms with Crippen molar-refractivity contribution < 1.29 is 28.7 Å². The van der Waals surface area contributed by atoms with E-state index >= 15 is 0 Å². The third-order valence-corrected chi connectivity index (χ3v) is 11.4. The van der Waals surface area contributed by atoms with Crippen molar-refractivity contribution in [1.82, 2.24) is 25.8 Å². The summed E-state index contributed by atoms with van der Waals surface area (Å²) < 4.78 is 5.25. The van der Waals surface area contributed by atoms with Crippen molar-refractivity contribution in [3.8, 4) is 0 Å². The molecule has 2 aliphatic rings. The van der Waals surface area contributed by atoms with Crippen LogP contribution in [0.5, 0.6) is 0 Å². The number of hydrogen-bond acceptors (Lipinski definition) is 6. The van der Waals surface area contributed by atoms with Gasteiger partial charge < -0.3 is 30.5 Å². The van der Waals surface area contributed by atoms with Crippen LogP contribution in [-0.2, 0) is 36.8 Å². The molecule has 0 spiro atoms. The standard InChI is InChI=1S/C42H59Cl2N5O6/c1-6-45-38(53)42(28-30-14-9-7-10-15-30)19-13-23-49(29-42)36(51)34(27-31-17-18-32(43)33(44)26-31)47-37(52)41(5)20-24-48(25-21-41)35(50)16-11-8-12-22-46-39(54)55-40(2,3)4/h7,9-10,14-15,17-18,26,34H,6,8,11-13,16,19-25,27-29H2,1-5H3,(H,45,53)(H,46,54)(H,47,52). The average molecular weight is 801 g/mol. The number of nitrogens with zero attached hydrogens (tertiary/aromatic N) is 2. The third-order valence-electron chi connectivity index (χ3n) is 10.6. The van der Waals surface area contributed by atoms with Crippen LogP contribution < -0.4 is 16.0 Å². The molecule has 0 bridgehead atoms. The Hall–Kier alpha value is -3.83. The lowest BCUT2D eigenvalue weighted by Crippen LogP contribution is -2.59. The van der Waals surface area contributed by atoms with E-state index in [0.717, 1.165) is 24.0 Å². The molecule has 2 aliphatic heterocycles. The maximum atomic E-state index is 14.5. The van der Waals surface area contributed by atoms with Gasteiger partial charge in [0.1, 0.15) is 11.6 Å². The van der Waals surface area contributed by atoms with E-state index < -0.39 is 28.6 Å². The second-order valence-corrected chi connectivity index (χ2v) is 17.1. The number of unbranched alkanes of at least 4 members (excludes halogenated alkanes) is 2. The molecule has 0 saturated carbocycles. The van der Waals surface area contributed by atoms with Crippen LogP contribution in [0.4, 0.5) is 4.79 Å². The highest BCUT2D eigenvalue weighted by Gasteiger charge is 2.45. The molecule has 2 aromatic carbocycles. The molecule has 0 radical (unpaired) electrons. The zero-order valence-corrected chi connectivity index (χ0v) is 34.6. The number of carbonyl (C=O) groups is 5. The fourth-order valence-electron chi connectivity index (χ4n) is 7.44. The Morgan fingerprint density at radius 1 is 0.836 bits per heavy atom. The van der Waals surface area contributed by atoms with Gasteiger partial charge in [0.15, 0.2) is 0 Å². The summed E-state index contributed by atoms with van der Waals surface area (Å²) in [6.45, 7) is 11.8. The van der Waals surface area contributed by atoms with Crippen molar-refractivity contribution in [3.63, 3.8) is 0 Å². The van der Waals surface area contributed by atoms with Gasteiger partial charge in [-0.15, -0.1) is 0 Å². The number of hydrogen-bond donors (Lipinski definition) is 3. The summed E-state index contributed by atoms with van der Waals surface area (Å²) in [4.78, 5) is 70.8. The number of likely N-dealkylation sites (tertiary alicyclic amines) is 2. The Morgan fingerprint density at radius 2 is 1.55 bits per heavy atom. The molecule has 2 unspecified atom stereocenters. The van der Waals surface area contributed by atoms with Gasteiger partial charge in [0.2, 0.25) is 23.6 Å². The average Bonchev–Trinajstić information content (AvgIpc) is 3.14. The van der Waals surface area contributed by atoms with E-state index in [4.69, 9.17) is 27.9 Å². The lowest BCUT2D eigenvalue weighted by molar-refractivity contribution is -0.146. The molecule has 3 N–H and O–H groups in total. The van der Waals surface area contributed by atoms with Crippen LogP contribution in [0.3, 0.4) is 0 Å². The second kappa shape index (κ2) is 19.9. The van der Waals surface area contributed by atoms with Crippen molar-refractivity contribution in [2.24, 2.45) is 10.8 Å². The smallest absolute Gasteiger partial charge is 0.407 e. The van der Waals surface area contributed by atoms with Gasteiger partial charge in [-0.05, 0) is 95.9 Å². The topological polar surface area (TPSA) is 137 Å². The maximum absolute atomic E-state index is 14.5. The summed E-state index contributed by atoms with van der Waals surface area (Å²) >= 11 is 12.6. The molecule has 2 saturated heterocycles. The predicted octanol–water partition coefficient (Wildman–Crippen LogP) is 6.72. The molecule has 2 heterocycles. The van der Waals surface area contributed by atoms with Gasteiger partial charge in [-0.2, -0.15) is 0 Å². The molecule has 0 aliphatic carbocycles. The predicted molar refractivity (Wildman–Crippen MR) is 216 cm³/mol. The Morgan fingerprint density at radius 3 is 2.20 bits per heavy atom. The Balaban J connectivity index is 1.39. The van der Waals surface area contributed by atoms with E-state index in [9.17, 15) is 24.0 Å². The van der Waals surface area contributed by atoms with Crippen LogP contribution in [0.15, 0.2) is 48.5 Å². The summed E-state index contributed by atoms with van der Waals surface area (Å²) in [6.07, 6.45) is 5.06. The molecule has 55 heavy (non-hydrogen) atoms. The number of halogens is 2. The fraction of sp³-hybridized carbons (Fsp3) is 0.595. The number of rotatable bonds is 15. The third kappa shape index (κ3) is 12.9. The molecule has 2 atom stereocenters. The monoisotopic (exact) mass is 799 g/mol. The van der Waals surface area contributed by atoms with E-state index in [1.165, 1.54) is 0 Å². The van der Waals surface area contributed by atoms with Crippen LogP contribution in [0, 0.1) is 10.8 Å². The summed E-state index contributed by atoms with van der Waals surface area (Å²) in [6, 6.07) is 14.1. The van der Waals surface area contributed by atoms with Crippen molar-refractivity contribution in [2.45, 2.75) is 110 Å². The number of nitrogens with one attached hydrogen (secondary N) is 3. The number of amides is 5. The van der Waals surface area contributed by atoms with Crippen molar-refractivity contribution in [1.29, 1.82) is 0 Å². The molecular weight excluding hydrogens is 741 g/mol. The summed E-state index contributed by atoms with van der Waals surface area (Å²) in [7, 11) is 0. The highest BCUT2D eigenvalue weighted by Crippen LogP contribution is 2.36. The lowest BCUT2D eigenvalue weighted by Gasteiger charge is -2.43. The number of alkyl carbamates (subject to hydrolysis) is 1. The van der Waals surface area contributed by atoms with Crippen molar-refractivity contribution >= 4 is 52.9 Å². The Labute approximate surface area is 336 Å². The molecule has 5 amide bonds. The highest BCUT2D eigenvalue weighted by molar-refractivity contribution is 6.42. The van der Waals surface area contributed by atoms with Gasteiger partial charge in [0.05, 0.1) is 15.5 Å². The molecule has 0 aromatic heterocycles. The first kappa shape index (κ1) is 43.9. The molecule has 13 heteroatoms. The normalized spacial score (nSPS) is 18.9. The minimum absolute atomic E-state index is 0.0476. The van der Waals surface area contributed by atoms with E-state index in [0.29, 0.717) is 87.7 Å². The van der Waals surface area contributed by atoms with Crippen LogP contribution in [-0.4, -0.2) is 90.4 Å². The number of benzene rings is 2. The number of piperidine rings is 2. The van der Waals surface area contributed by atoms with Crippen LogP contribution >= 0.6 is 23.2 Å². The first-order chi connectivity index (χ1) is 26.0. The molecular formula is C42H59Cl2N5O6. The fourth-order valence-corrected chi connectivity index (χ4v) is 7.76. The number of ether oxygens (including phenoxy) is 1. The van der Waals surface area contributed by atoms with Gasteiger partial charge in [-0.3, -0.25) is 19.2 Å². The first-order valence-corrected chi connectivity index (χ1v) is 20.4. The summed E-state index contributed by atoms with van der Waals surface area (Å²) in [5.41, 5.74) is -0.387. The van der Waals surface area contributed by atoms with Crippen LogP contribution in [0.1, 0.15) is 97.1 Å². The van der Waals surface area contributed by atoms with Gasteiger partial charge >= 0.3 is 6.09 Å². The van der Waals surface area contributed by atoms with Crippen molar-refractivity contribution in [3.05, 3.63) is 69.7 Å². The molecule has 302 valence electrons. The van der Waals surface area contributed by atoms with E-state index in [1.54, 1.807) is 23.1 Å². The van der Waals surface area contributed by atoms with Crippen LogP contribution in [0.25, 0.3) is 0 Å². The van der Waals surface area contributed by atoms with Crippen LogP contribution in [0.2, 0.25) is 10.0 Å². The quantitative estimate of drug-likeness (QED) is 0.171. The summed E-state index contributed by atoms with van der Waals surface area (Å²) in [5.74, 6) is -0.526. The first-order valence-electron chi connectivity index (χ1n) is 19.6. The largest absolute Gasteiger partial charge is 0.444 e. The minimum Gasteiger partial charge on any atom is -0.444 e. The zero-order chi connectivity index (χ0) is 40.2. The minimum atomic E-state index is -0.909. The maximum Gasteiger partial charge on any atom is 0.407 e. The molecule has 2 aromatic rings. The zero-order valence-electron chi connectivity index (χ0n) is 33.1. The van der Waals surface area contributed by atoms with E-state index in [2.05, 4.69) is 16.0 Å². The highest BCUT2D eigenvalue weighted by atomic mass is 35.5. The molecule has 4 rings (SSSR count). The SMILES string of the molecule is CCNC(=O)C1(Cc2ccccc2)CCCN(C(=O)C(Cc2ccc(Cl)c(Cl)c2)NC(=O)C2(C)CCN(C(=O)CCCCCNC(=O)OC(C)(C)C)CC2)C1. The Kier molecular flexibility index (Phi) is 15.8. The van der Waals surface area contributed by atoms with Gasteiger partial charge in [0.25, 0.3) is 0 Å². The molecule has 11 nitrogen and oxygen atoms in total. The van der Waals surface area contributed by atoms with Crippen molar-refractivity contribution in [2.75, 3.05) is 39.3 Å². The number of carbonyl (C=O) groups excluding carboxylic acids is 5. The summed E-state index contributed by atoms with van der Waals surface area (Å²) in [5, 5.41) is 9.62. The lowest BCUT2D eigenvalue weighted by atomic mass is 9.74. The van der Waals surface area contributed by atoms with Gasteiger partial charge in [-0.25, -0.2) is 4.79 Å². The van der Waals surface area contributed by atoms with E-state index in [-0.39, 0.29) is 36.6 Å². The molecule has 2 fully saturated rings. The van der Waals surface area contributed by atoms with E-state index in [1.807, 2.05) is 69.9 Å². The Bertz CT molecular complexity index is 1640. The second-order valence-electron chi connectivity index (χ2n) is 16.3.